The van der Waals surface area contributed by atoms with E-state index in [1.165, 1.54) is 16.9 Å². The van der Waals surface area contributed by atoms with Crippen molar-refractivity contribution in [3.8, 4) is 5.69 Å². The number of rotatable bonds is 9. The number of aromatic nitrogens is 1. The number of ketones is 1. The van der Waals surface area contributed by atoms with E-state index in [0.29, 0.717) is 17.0 Å². The highest BCUT2D eigenvalue weighted by atomic mass is 32.2. The fourth-order valence-corrected chi connectivity index (χ4v) is 5.79. The number of esters is 1. The Morgan fingerprint density at radius 3 is 2.41 bits per heavy atom. The molecule has 1 aromatic carbocycles. The third-order valence-electron chi connectivity index (χ3n) is 4.78. The lowest BCUT2D eigenvalue weighted by atomic mass is 10.0. The van der Waals surface area contributed by atoms with Gasteiger partial charge in [-0.25, -0.2) is 0 Å². The van der Waals surface area contributed by atoms with E-state index in [9.17, 15) is 9.59 Å². The molecule has 0 bridgehead atoms. The lowest BCUT2D eigenvalue weighted by molar-refractivity contribution is -0.598. The molecule has 166 valence electrons. The second-order valence-corrected chi connectivity index (χ2v) is 9.91. The summed E-state index contributed by atoms with van der Waals surface area (Å²) in [5.74, 6) is 0.389. The minimum Gasteiger partial charge on any atom is -0.466 e. The van der Waals surface area contributed by atoms with Crippen LogP contribution in [0.25, 0.3) is 5.69 Å². The largest absolute Gasteiger partial charge is 0.466 e. The molecule has 0 spiro atoms. The molecular weight excluding hydrogens is 438 g/mol. The first kappa shape index (κ1) is 24.0. The molecular formula is C26H28NO3S2+. The summed E-state index contributed by atoms with van der Waals surface area (Å²) >= 11 is 3.13. The van der Waals surface area contributed by atoms with E-state index in [0.717, 1.165) is 26.8 Å². The van der Waals surface area contributed by atoms with Crippen molar-refractivity contribution in [2.24, 2.45) is 0 Å². The normalized spacial score (nSPS) is 10.6. The highest BCUT2D eigenvalue weighted by Crippen LogP contribution is 2.38. The molecule has 0 atom stereocenters. The molecule has 0 fully saturated rings. The number of hydrogen-bond donors (Lipinski definition) is 0. The first-order valence-electron chi connectivity index (χ1n) is 10.6. The average molecular weight is 467 g/mol. The van der Waals surface area contributed by atoms with E-state index in [1.54, 1.807) is 18.7 Å². The van der Waals surface area contributed by atoms with Crippen LogP contribution in [0.2, 0.25) is 0 Å². The predicted molar refractivity (Wildman–Crippen MR) is 131 cm³/mol. The summed E-state index contributed by atoms with van der Waals surface area (Å²) < 4.78 is 8.26. The fourth-order valence-electron chi connectivity index (χ4n) is 3.15. The third kappa shape index (κ3) is 5.96. The van der Waals surface area contributed by atoms with Gasteiger partial charge in [-0.15, -0.1) is 23.1 Å². The van der Waals surface area contributed by atoms with E-state index in [1.807, 2.05) is 66.3 Å². The average Bonchev–Trinajstić information content (AvgIpc) is 3.12. The zero-order valence-electron chi connectivity index (χ0n) is 18.9. The number of carbonyl (C=O) groups excluding carboxylic acids is 2. The summed E-state index contributed by atoms with van der Waals surface area (Å²) in [5.41, 5.74) is 4.60. The number of benzene rings is 1. The molecule has 4 nitrogen and oxygen atoms in total. The minimum absolute atomic E-state index is 0.0532. The van der Waals surface area contributed by atoms with Gasteiger partial charge in [0.25, 0.3) is 0 Å². The lowest BCUT2D eigenvalue weighted by Gasteiger charge is -2.05. The molecule has 0 aliphatic carbocycles. The zero-order valence-corrected chi connectivity index (χ0v) is 20.5. The van der Waals surface area contributed by atoms with Gasteiger partial charge in [0.15, 0.2) is 12.4 Å². The maximum Gasteiger partial charge on any atom is 0.310 e. The topological polar surface area (TPSA) is 47.3 Å². The Morgan fingerprint density at radius 1 is 1.09 bits per heavy atom. The molecule has 0 radical (unpaired) electrons. The van der Waals surface area contributed by atoms with Crippen molar-refractivity contribution in [1.29, 1.82) is 0 Å². The van der Waals surface area contributed by atoms with Crippen LogP contribution in [0.15, 0.2) is 70.7 Å². The summed E-state index contributed by atoms with van der Waals surface area (Å²) in [6.45, 7) is 8.27. The van der Waals surface area contributed by atoms with Gasteiger partial charge >= 0.3 is 5.97 Å². The van der Waals surface area contributed by atoms with Crippen molar-refractivity contribution in [3.05, 3.63) is 88.1 Å². The van der Waals surface area contributed by atoms with Crippen molar-refractivity contribution < 1.29 is 18.9 Å². The Kier molecular flexibility index (Phi) is 8.42. The molecule has 0 aliphatic rings. The lowest BCUT2D eigenvalue weighted by Crippen LogP contribution is -2.31. The van der Waals surface area contributed by atoms with Crippen LogP contribution in [0.5, 0.6) is 0 Å². The van der Waals surface area contributed by atoms with Gasteiger partial charge in [0.1, 0.15) is 4.21 Å². The van der Waals surface area contributed by atoms with E-state index >= 15 is 0 Å². The number of hydrogen-bond acceptors (Lipinski definition) is 5. The van der Waals surface area contributed by atoms with E-state index < -0.39 is 0 Å². The summed E-state index contributed by atoms with van der Waals surface area (Å²) in [4.78, 5) is 26.6. The molecule has 0 N–H and O–H groups in total. The van der Waals surface area contributed by atoms with Crippen molar-refractivity contribution in [1.82, 2.24) is 0 Å². The Labute approximate surface area is 198 Å². The molecule has 0 aliphatic heterocycles. The van der Waals surface area contributed by atoms with Gasteiger partial charge in [0, 0.05) is 23.4 Å². The standard InChI is InChI=1S/C26H28NO3S2/c1-5-30-22(28)17-21-23(27-14-11-19(4)12-15-27)26(31-16-13-18(2)3)32-25(21)24(29)20-9-7-6-8-10-20/h6-15H,5,16-17H2,1-4H3/q+1. The van der Waals surface area contributed by atoms with Gasteiger partial charge < -0.3 is 4.74 Å². The Hall–Kier alpha value is -2.70. The van der Waals surface area contributed by atoms with Crippen molar-refractivity contribution >= 4 is 34.9 Å². The molecule has 6 heteroatoms. The number of carbonyl (C=O) groups is 2. The quantitative estimate of drug-likeness (QED) is 0.133. The van der Waals surface area contributed by atoms with E-state index in [-0.39, 0.29) is 18.2 Å². The Balaban J connectivity index is 2.17. The second-order valence-electron chi connectivity index (χ2n) is 7.60. The van der Waals surface area contributed by atoms with Gasteiger partial charge in [-0.1, -0.05) is 42.0 Å². The summed E-state index contributed by atoms with van der Waals surface area (Å²) in [6.07, 6.45) is 6.18. The van der Waals surface area contributed by atoms with Crippen LogP contribution in [-0.2, 0) is 16.0 Å². The maximum absolute atomic E-state index is 13.5. The van der Waals surface area contributed by atoms with Gasteiger partial charge in [-0.2, -0.15) is 4.57 Å². The molecule has 2 heterocycles. The molecule has 0 amide bonds. The zero-order chi connectivity index (χ0) is 23.1. The molecule has 3 rings (SSSR count). The van der Waals surface area contributed by atoms with Gasteiger partial charge in [0.05, 0.1) is 23.5 Å². The molecule has 0 saturated carbocycles. The first-order valence-corrected chi connectivity index (χ1v) is 12.4. The minimum atomic E-state index is -0.331. The Bertz CT molecular complexity index is 1110. The van der Waals surface area contributed by atoms with E-state index in [2.05, 4.69) is 19.9 Å². The number of aryl methyl sites for hydroxylation is 1. The highest BCUT2D eigenvalue weighted by Gasteiger charge is 2.31. The number of nitrogens with zero attached hydrogens (tertiary/aromatic N) is 1. The third-order valence-corrected chi connectivity index (χ3v) is 7.18. The second kappa shape index (κ2) is 11.2. The van der Waals surface area contributed by atoms with Crippen LogP contribution < -0.4 is 4.57 Å². The van der Waals surface area contributed by atoms with Gasteiger partial charge in [-0.05, 0) is 33.3 Å². The van der Waals surface area contributed by atoms with Crippen LogP contribution in [0.4, 0.5) is 0 Å². The highest BCUT2D eigenvalue weighted by molar-refractivity contribution is 8.01. The van der Waals surface area contributed by atoms with Crippen molar-refractivity contribution in [3.63, 3.8) is 0 Å². The molecule has 0 saturated heterocycles. The number of pyridine rings is 1. The SMILES string of the molecule is CCOC(=O)Cc1c(C(=O)c2ccccc2)sc(SCC=C(C)C)c1-[n+]1ccc(C)cc1. The van der Waals surface area contributed by atoms with Crippen LogP contribution in [0.1, 0.15) is 47.1 Å². The molecule has 2 aromatic heterocycles. The fraction of sp³-hybridized carbons (Fsp3) is 0.269. The molecule has 0 unspecified atom stereocenters. The Morgan fingerprint density at radius 2 is 1.78 bits per heavy atom. The smallest absolute Gasteiger partial charge is 0.310 e. The number of thiophene rings is 1. The monoisotopic (exact) mass is 466 g/mol. The maximum atomic E-state index is 13.5. The predicted octanol–water partition coefficient (Wildman–Crippen LogP) is 5.73. The van der Waals surface area contributed by atoms with Gasteiger partial charge in [0.2, 0.25) is 11.5 Å². The van der Waals surface area contributed by atoms with Crippen LogP contribution in [-0.4, -0.2) is 24.1 Å². The molecule has 3 aromatic rings. The van der Waals surface area contributed by atoms with Gasteiger partial charge in [-0.3, -0.25) is 9.59 Å². The van der Waals surface area contributed by atoms with Crippen LogP contribution >= 0.6 is 23.1 Å². The number of ether oxygens (including phenoxy) is 1. The number of thioether (sulfide) groups is 1. The summed E-state index contributed by atoms with van der Waals surface area (Å²) in [7, 11) is 0. The summed E-state index contributed by atoms with van der Waals surface area (Å²) in [5, 5.41) is 0. The van der Waals surface area contributed by atoms with Crippen LogP contribution in [0.3, 0.4) is 0 Å². The van der Waals surface area contributed by atoms with Crippen molar-refractivity contribution in [2.45, 2.75) is 38.3 Å². The molecule has 32 heavy (non-hydrogen) atoms. The summed E-state index contributed by atoms with van der Waals surface area (Å²) in [6, 6.07) is 13.3. The van der Waals surface area contributed by atoms with E-state index in [4.69, 9.17) is 4.74 Å². The van der Waals surface area contributed by atoms with Crippen LogP contribution in [0, 0.1) is 6.92 Å². The number of allylic oxidation sites excluding steroid dienone is 1. The first-order chi connectivity index (χ1) is 15.4. The van der Waals surface area contributed by atoms with Crippen molar-refractivity contribution in [2.75, 3.05) is 12.4 Å².